The molecular formula is C24H32N2O. The van der Waals surface area contributed by atoms with Gasteiger partial charge < -0.3 is 15.0 Å². The van der Waals surface area contributed by atoms with Crippen molar-refractivity contribution in [1.82, 2.24) is 10.2 Å². The van der Waals surface area contributed by atoms with Crippen molar-refractivity contribution in [3.05, 3.63) is 65.2 Å². The Hall–Kier alpha value is -1.84. The van der Waals surface area contributed by atoms with Crippen LogP contribution < -0.4 is 10.1 Å². The van der Waals surface area contributed by atoms with Crippen LogP contribution in [0.1, 0.15) is 49.8 Å². The molecular weight excluding hydrogens is 332 g/mol. The summed E-state index contributed by atoms with van der Waals surface area (Å²) in [5, 5.41) is 3.55. The topological polar surface area (TPSA) is 24.5 Å². The first-order valence-corrected chi connectivity index (χ1v) is 10.4. The number of nitrogens with one attached hydrogen (secondary N) is 1. The van der Waals surface area contributed by atoms with Crippen LogP contribution in [0.3, 0.4) is 0 Å². The molecule has 1 fully saturated rings. The number of rotatable bonds is 5. The Labute approximate surface area is 163 Å². The van der Waals surface area contributed by atoms with Crippen molar-refractivity contribution < 1.29 is 4.74 Å². The molecule has 0 unspecified atom stereocenters. The lowest BCUT2D eigenvalue weighted by Gasteiger charge is -2.45. The van der Waals surface area contributed by atoms with Gasteiger partial charge in [-0.15, -0.1) is 0 Å². The van der Waals surface area contributed by atoms with E-state index in [2.05, 4.69) is 72.6 Å². The number of hydrogen-bond donors (Lipinski definition) is 1. The highest BCUT2D eigenvalue weighted by Crippen LogP contribution is 2.39. The standard InChI is InChI=1S/C24H32N2O/c1-19(2)26-14-12-24(13-15-26)11-10-22-16-21(8-9-23(22)27-24)18-25-17-20-6-4-3-5-7-20/h3-9,16,19,25H,10-15,17-18H2,1-2H3. The SMILES string of the molecule is CC(C)N1CCC2(CCc3cc(CNCc4ccccc4)ccc3O2)CC1. The minimum absolute atomic E-state index is 0.0749. The van der Waals surface area contributed by atoms with E-state index in [1.165, 1.54) is 16.7 Å². The Kier molecular flexibility index (Phi) is 5.51. The summed E-state index contributed by atoms with van der Waals surface area (Å²) in [6.07, 6.45) is 4.62. The minimum Gasteiger partial charge on any atom is -0.487 e. The van der Waals surface area contributed by atoms with Gasteiger partial charge in [-0.3, -0.25) is 0 Å². The average molecular weight is 365 g/mol. The van der Waals surface area contributed by atoms with Crippen molar-refractivity contribution in [2.24, 2.45) is 0 Å². The van der Waals surface area contributed by atoms with Gasteiger partial charge in [-0.05, 0) is 62.3 Å². The van der Waals surface area contributed by atoms with Gasteiger partial charge in [0.05, 0.1) is 0 Å². The molecule has 3 heteroatoms. The smallest absolute Gasteiger partial charge is 0.123 e. The summed E-state index contributed by atoms with van der Waals surface area (Å²) in [5.74, 6) is 1.12. The molecule has 27 heavy (non-hydrogen) atoms. The first-order chi connectivity index (χ1) is 13.1. The third kappa shape index (κ3) is 4.36. The lowest BCUT2D eigenvalue weighted by atomic mass is 9.82. The summed E-state index contributed by atoms with van der Waals surface area (Å²) in [6.45, 7) is 8.72. The Morgan fingerprint density at radius 2 is 1.70 bits per heavy atom. The summed E-state index contributed by atoms with van der Waals surface area (Å²) in [6, 6.07) is 18.0. The van der Waals surface area contributed by atoms with Gasteiger partial charge in [0.2, 0.25) is 0 Å². The largest absolute Gasteiger partial charge is 0.487 e. The van der Waals surface area contributed by atoms with Gasteiger partial charge in [-0.25, -0.2) is 0 Å². The third-order valence-electron chi connectivity index (χ3n) is 6.24. The highest BCUT2D eigenvalue weighted by molar-refractivity contribution is 5.40. The van der Waals surface area contributed by atoms with Gasteiger partial charge in [0.15, 0.2) is 0 Å². The fourth-order valence-corrected chi connectivity index (χ4v) is 4.43. The zero-order chi connectivity index (χ0) is 18.7. The summed E-state index contributed by atoms with van der Waals surface area (Å²) in [5.41, 5.74) is 4.13. The zero-order valence-electron chi connectivity index (χ0n) is 16.7. The summed E-state index contributed by atoms with van der Waals surface area (Å²) in [4.78, 5) is 2.58. The van der Waals surface area contributed by atoms with Gasteiger partial charge in [0.25, 0.3) is 0 Å². The zero-order valence-corrected chi connectivity index (χ0v) is 16.7. The van der Waals surface area contributed by atoms with Gasteiger partial charge in [0, 0.05) is 32.2 Å². The van der Waals surface area contributed by atoms with Crippen molar-refractivity contribution in [3.8, 4) is 5.75 Å². The summed E-state index contributed by atoms with van der Waals surface area (Å²) < 4.78 is 6.57. The van der Waals surface area contributed by atoms with Gasteiger partial charge >= 0.3 is 0 Å². The molecule has 0 atom stereocenters. The number of ether oxygens (including phenoxy) is 1. The normalized spacial score (nSPS) is 19.1. The monoisotopic (exact) mass is 364 g/mol. The Bertz CT molecular complexity index is 748. The molecule has 0 radical (unpaired) electrons. The number of nitrogens with zero attached hydrogens (tertiary/aromatic N) is 1. The predicted molar refractivity (Wildman–Crippen MR) is 111 cm³/mol. The molecule has 1 saturated heterocycles. The Morgan fingerprint density at radius 3 is 2.44 bits per heavy atom. The van der Waals surface area contributed by atoms with Gasteiger partial charge in [0.1, 0.15) is 11.4 Å². The Balaban J connectivity index is 1.34. The summed E-state index contributed by atoms with van der Waals surface area (Å²) in [7, 11) is 0. The average Bonchev–Trinajstić information content (AvgIpc) is 2.69. The lowest BCUT2D eigenvalue weighted by molar-refractivity contribution is -0.0211. The van der Waals surface area contributed by atoms with Gasteiger partial charge in [-0.2, -0.15) is 0 Å². The molecule has 2 aliphatic rings. The maximum atomic E-state index is 6.57. The molecule has 144 valence electrons. The molecule has 2 aromatic carbocycles. The third-order valence-corrected chi connectivity index (χ3v) is 6.24. The lowest BCUT2D eigenvalue weighted by Crippen LogP contribution is -2.51. The highest BCUT2D eigenvalue weighted by atomic mass is 16.5. The van der Waals surface area contributed by atoms with E-state index in [4.69, 9.17) is 4.74 Å². The number of benzene rings is 2. The van der Waals surface area contributed by atoms with Crippen molar-refractivity contribution in [2.45, 2.75) is 64.3 Å². The van der Waals surface area contributed by atoms with Crippen molar-refractivity contribution in [2.75, 3.05) is 13.1 Å². The molecule has 4 rings (SSSR count). The van der Waals surface area contributed by atoms with Crippen LogP contribution >= 0.6 is 0 Å². The molecule has 0 aliphatic carbocycles. The number of hydrogen-bond acceptors (Lipinski definition) is 3. The van der Waals surface area contributed by atoms with Crippen LogP contribution in [-0.2, 0) is 19.5 Å². The number of piperidine rings is 1. The van der Waals surface area contributed by atoms with Crippen LogP contribution in [0.25, 0.3) is 0 Å². The van der Waals surface area contributed by atoms with Crippen molar-refractivity contribution >= 4 is 0 Å². The second kappa shape index (κ2) is 8.04. The quantitative estimate of drug-likeness (QED) is 0.843. The van der Waals surface area contributed by atoms with E-state index in [1.54, 1.807) is 0 Å². The molecule has 3 nitrogen and oxygen atoms in total. The van der Waals surface area contributed by atoms with Gasteiger partial charge in [-0.1, -0.05) is 42.5 Å². The molecule has 0 saturated carbocycles. The number of fused-ring (bicyclic) bond motifs is 1. The fraction of sp³-hybridized carbons (Fsp3) is 0.500. The van der Waals surface area contributed by atoms with E-state index >= 15 is 0 Å². The van der Waals surface area contributed by atoms with Crippen LogP contribution in [0.4, 0.5) is 0 Å². The Morgan fingerprint density at radius 1 is 0.963 bits per heavy atom. The molecule has 2 heterocycles. The first kappa shape index (κ1) is 18.5. The minimum atomic E-state index is 0.0749. The molecule has 1 N–H and O–H groups in total. The highest BCUT2D eigenvalue weighted by Gasteiger charge is 2.39. The molecule has 0 aromatic heterocycles. The van der Waals surface area contributed by atoms with Crippen LogP contribution in [0.5, 0.6) is 5.75 Å². The molecule has 1 spiro atoms. The fourth-order valence-electron chi connectivity index (χ4n) is 4.43. The van der Waals surface area contributed by atoms with Crippen LogP contribution in [0.2, 0.25) is 0 Å². The van der Waals surface area contributed by atoms with E-state index in [-0.39, 0.29) is 5.60 Å². The number of likely N-dealkylation sites (tertiary alicyclic amines) is 1. The second-order valence-corrected chi connectivity index (χ2v) is 8.45. The molecule has 0 amide bonds. The second-order valence-electron chi connectivity index (χ2n) is 8.45. The van der Waals surface area contributed by atoms with Crippen LogP contribution in [0, 0.1) is 0 Å². The van der Waals surface area contributed by atoms with Crippen LogP contribution in [0.15, 0.2) is 48.5 Å². The first-order valence-electron chi connectivity index (χ1n) is 10.4. The van der Waals surface area contributed by atoms with Crippen molar-refractivity contribution in [1.29, 1.82) is 0 Å². The maximum absolute atomic E-state index is 6.57. The molecule has 0 bridgehead atoms. The van der Waals surface area contributed by atoms with E-state index in [9.17, 15) is 0 Å². The van der Waals surface area contributed by atoms with E-state index in [0.717, 1.165) is 57.6 Å². The van der Waals surface area contributed by atoms with E-state index in [1.807, 2.05) is 0 Å². The maximum Gasteiger partial charge on any atom is 0.123 e. The summed E-state index contributed by atoms with van der Waals surface area (Å²) >= 11 is 0. The van der Waals surface area contributed by atoms with Crippen LogP contribution in [-0.4, -0.2) is 29.6 Å². The van der Waals surface area contributed by atoms with E-state index in [0.29, 0.717) is 6.04 Å². The molecule has 2 aliphatic heterocycles. The predicted octanol–water partition coefficient (Wildman–Crippen LogP) is 4.54. The number of aryl methyl sites for hydroxylation is 1. The molecule has 2 aromatic rings. The van der Waals surface area contributed by atoms with Crippen molar-refractivity contribution in [3.63, 3.8) is 0 Å². The van der Waals surface area contributed by atoms with E-state index < -0.39 is 0 Å².